The van der Waals surface area contributed by atoms with Gasteiger partial charge in [-0.25, -0.2) is 9.97 Å². The van der Waals surface area contributed by atoms with E-state index in [2.05, 4.69) is 21.9 Å². The van der Waals surface area contributed by atoms with Gasteiger partial charge in [0.1, 0.15) is 11.6 Å². The maximum Gasteiger partial charge on any atom is 0.323 e. The van der Waals surface area contributed by atoms with Gasteiger partial charge in [-0.05, 0) is 18.8 Å². The Balaban J connectivity index is 1.83. The normalized spacial score (nSPS) is 13.8. The zero-order valence-corrected chi connectivity index (χ0v) is 23.6. The number of rotatable bonds is 20. The van der Waals surface area contributed by atoms with Crippen molar-refractivity contribution >= 4 is 29.1 Å². The number of nitrogens with two attached hydrogens (primary N) is 2. The van der Waals surface area contributed by atoms with Crippen LogP contribution in [0.4, 0.5) is 5.95 Å². The average molecular weight is 533 g/mol. The second kappa shape index (κ2) is 17.7. The molecule has 0 bridgehead atoms. The first-order valence-electron chi connectivity index (χ1n) is 14.4. The molecule has 0 aromatic carbocycles. The minimum Gasteiger partial charge on any atom is -0.465 e. The first-order valence-corrected chi connectivity index (χ1v) is 14.4. The molecule has 4 N–H and O–H groups in total. The average Bonchev–Trinajstić information content (AvgIpc) is 3.31. The van der Waals surface area contributed by atoms with Crippen LogP contribution in [0.3, 0.4) is 0 Å². The number of nitrogen functional groups attached to an aromatic ring is 1. The van der Waals surface area contributed by atoms with Crippen LogP contribution in [0.25, 0.3) is 11.2 Å². The number of fused-ring (bicyclic) bond motifs is 1. The van der Waals surface area contributed by atoms with Crippen molar-refractivity contribution in [3.05, 3.63) is 12.5 Å². The topological polar surface area (TPSA) is 148 Å². The Kier molecular flexibility index (Phi) is 14.7. The van der Waals surface area contributed by atoms with Gasteiger partial charge in [-0.3, -0.25) is 9.59 Å². The van der Waals surface area contributed by atoms with E-state index in [9.17, 15) is 9.59 Å². The predicted octanol–water partition coefficient (Wildman–Crippen LogP) is 4.80. The summed E-state index contributed by atoms with van der Waals surface area (Å²) >= 11 is 0. The standard InChI is InChI=1S/C28H48N6O4/c1-4-6-7-8-9-10-11-12-13-14-24(35)38-19-22(15-16-37-27(36)25(29)21(3)5-2)18-34-20-32-23-17-31-28(30)33-26(23)34/h17,20-22,25H,4-16,18-19,29H2,1-3H3,(H2,30,31,33)/t21?,22-,25+/m1/s1. The van der Waals surface area contributed by atoms with E-state index in [1.807, 2.05) is 18.4 Å². The molecule has 0 radical (unpaired) electrons. The molecular formula is C28H48N6O4. The maximum absolute atomic E-state index is 12.4. The molecule has 2 rings (SSSR count). The van der Waals surface area contributed by atoms with Crippen molar-refractivity contribution in [1.29, 1.82) is 0 Å². The van der Waals surface area contributed by atoms with Crippen LogP contribution < -0.4 is 11.5 Å². The summed E-state index contributed by atoms with van der Waals surface area (Å²) in [7, 11) is 0. The van der Waals surface area contributed by atoms with Crippen LogP contribution in [0, 0.1) is 11.8 Å². The fraction of sp³-hybridized carbons (Fsp3) is 0.750. The number of anilines is 1. The number of imidazole rings is 1. The number of ether oxygens (including phenoxy) is 2. The predicted molar refractivity (Wildman–Crippen MR) is 149 cm³/mol. The maximum atomic E-state index is 12.4. The van der Waals surface area contributed by atoms with Gasteiger partial charge in [-0.15, -0.1) is 0 Å². The van der Waals surface area contributed by atoms with Gasteiger partial charge >= 0.3 is 11.9 Å². The molecule has 38 heavy (non-hydrogen) atoms. The van der Waals surface area contributed by atoms with Crippen LogP contribution in [0.2, 0.25) is 0 Å². The lowest BCUT2D eigenvalue weighted by molar-refractivity contribution is -0.149. The van der Waals surface area contributed by atoms with E-state index in [0.717, 1.165) is 25.7 Å². The Morgan fingerprint density at radius 3 is 2.37 bits per heavy atom. The lowest BCUT2D eigenvalue weighted by atomic mass is 10.0. The van der Waals surface area contributed by atoms with Crippen molar-refractivity contribution in [3.63, 3.8) is 0 Å². The molecule has 2 heterocycles. The van der Waals surface area contributed by atoms with Crippen molar-refractivity contribution in [2.45, 2.75) is 110 Å². The Morgan fingerprint density at radius 1 is 1.00 bits per heavy atom. The summed E-state index contributed by atoms with van der Waals surface area (Å²) in [5.41, 5.74) is 13.0. The van der Waals surface area contributed by atoms with Crippen LogP contribution in [0.1, 0.15) is 97.8 Å². The van der Waals surface area contributed by atoms with Gasteiger partial charge in [-0.2, -0.15) is 4.98 Å². The number of hydrogen-bond donors (Lipinski definition) is 2. The number of carbonyl (C=O) groups is 2. The summed E-state index contributed by atoms with van der Waals surface area (Å²) < 4.78 is 12.9. The first kappa shape index (κ1) is 31.5. The lowest BCUT2D eigenvalue weighted by Crippen LogP contribution is -2.38. The number of aromatic nitrogens is 4. The summed E-state index contributed by atoms with van der Waals surface area (Å²) in [4.78, 5) is 37.3. The zero-order chi connectivity index (χ0) is 27.8. The fourth-order valence-corrected chi connectivity index (χ4v) is 4.28. The van der Waals surface area contributed by atoms with E-state index in [1.54, 1.807) is 12.5 Å². The molecule has 0 amide bonds. The van der Waals surface area contributed by atoms with Crippen LogP contribution in [-0.4, -0.2) is 50.7 Å². The van der Waals surface area contributed by atoms with Gasteiger partial charge in [-0.1, -0.05) is 78.6 Å². The van der Waals surface area contributed by atoms with E-state index >= 15 is 0 Å². The summed E-state index contributed by atoms with van der Waals surface area (Å²) in [6.07, 6.45) is 15.7. The highest BCUT2D eigenvalue weighted by Crippen LogP contribution is 2.17. The van der Waals surface area contributed by atoms with Crippen LogP contribution in [-0.2, 0) is 25.6 Å². The van der Waals surface area contributed by atoms with Gasteiger partial charge in [0.2, 0.25) is 5.95 Å². The number of hydrogen-bond acceptors (Lipinski definition) is 9. The molecule has 3 atom stereocenters. The number of nitrogens with zero attached hydrogens (tertiary/aromatic N) is 4. The number of carbonyl (C=O) groups excluding carboxylic acids is 2. The van der Waals surface area contributed by atoms with Crippen molar-refractivity contribution in [3.8, 4) is 0 Å². The third-order valence-electron chi connectivity index (χ3n) is 7.10. The molecule has 2 aromatic heterocycles. The highest BCUT2D eigenvalue weighted by atomic mass is 16.5. The molecule has 10 heteroatoms. The smallest absolute Gasteiger partial charge is 0.323 e. The van der Waals surface area contributed by atoms with Crippen molar-refractivity contribution in [2.75, 3.05) is 18.9 Å². The van der Waals surface area contributed by atoms with E-state index in [1.165, 1.54) is 38.5 Å². The van der Waals surface area contributed by atoms with Crippen molar-refractivity contribution in [1.82, 2.24) is 19.5 Å². The molecule has 0 aliphatic heterocycles. The van der Waals surface area contributed by atoms with Crippen molar-refractivity contribution in [2.24, 2.45) is 17.6 Å². The highest BCUT2D eigenvalue weighted by molar-refractivity contribution is 5.75. The van der Waals surface area contributed by atoms with Gasteiger partial charge in [0, 0.05) is 18.9 Å². The van der Waals surface area contributed by atoms with E-state index in [4.69, 9.17) is 20.9 Å². The van der Waals surface area contributed by atoms with Crippen LogP contribution in [0.5, 0.6) is 0 Å². The second-order valence-electron chi connectivity index (χ2n) is 10.3. The summed E-state index contributed by atoms with van der Waals surface area (Å²) in [6, 6.07) is -0.648. The van der Waals surface area contributed by atoms with E-state index < -0.39 is 12.0 Å². The molecule has 214 valence electrons. The van der Waals surface area contributed by atoms with E-state index in [0.29, 0.717) is 30.6 Å². The van der Waals surface area contributed by atoms with Crippen molar-refractivity contribution < 1.29 is 19.1 Å². The lowest BCUT2D eigenvalue weighted by Gasteiger charge is -2.20. The molecule has 2 aromatic rings. The molecule has 0 spiro atoms. The van der Waals surface area contributed by atoms with Crippen LogP contribution >= 0.6 is 0 Å². The number of esters is 2. The third kappa shape index (κ3) is 11.3. The van der Waals surface area contributed by atoms with Gasteiger partial charge in [0.15, 0.2) is 5.65 Å². The molecule has 0 saturated carbocycles. The zero-order valence-electron chi connectivity index (χ0n) is 23.6. The van der Waals surface area contributed by atoms with Crippen LogP contribution in [0.15, 0.2) is 12.5 Å². The fourth-order valence-electron chi connectivity index (χ4n) is 4.28. The molecule has 1 unspecified atom stereocenters. The Hall–Kier alpha value is -2.75. The van der Waals surface area contributed by atoms with Gasteiger partial charge in [0.25, 0.3) is 0 Å². The monoisotopic (exact) mass is 532 g/mol. The summed E-state index contributed by atoms with van der Waals surface area (Å²) in [5, 5.41) is 0. The number of unbranched alkanes of at least 4 members (excludes halogenated alkanes) is 8. The SMILES string of the molecule is CCCCCCCCCCCC(=O)OC[C@H](CCOC(=O)[C@@H](N)C(C)CC)Cn1cnc2cnc(N)nc21. The second-order valence-corrected chi connectivity index (χ2v) is 10.3. The van der Waals surface area contributed by atoms with E-state index in [-0.39, 0.29) is 37.0 Å². The van der Waals surface area contributed by atoms with Gasteiger partial charge < -0.3 is 25.5 Å². The molecular weight excluding hydrogens is 484 g/mol. The minimum atomic E-state index is -0.648. The Labute approximate surface area is 227 Å². The summed E-state index contributed by atoms with van der Waals surface area (Å²) in [6.45, 7) is 7.03. The Morgan fingerprint density at radius 2 is 1.68 bits per heavy atom. The highest BCUT2D eigenvalue weighted by Gasteiger charge is 2.22. The summed E-state index contributed by atoms with van der Waals surface area (Å²) in [5.74, 6) is -0.507. The largest absolute Gasteiger partial charge is 0.465 e. The Bertz CT molecular complexity index is 966. The molecule has 0 aliphatic carbocycles. The quantitative estimate of drug-likeness (QED) is 0.181. The first-order chi connectivity index (χ1) is 18.3. The molecule has 0 aliphatic rings. The molecule has 10 nitrogen and oxygen atoms in total. The third-order valence-corrected chi connectivity index (χ3v) is 7.10. The molecule has 0 saturated heterocycles. The minimum absolute atomic E-state index is 0.0442. The molecule has 0 fully saturated rings. The van der Waals surface area contributed by atoms with Gasteiger partial charge in [0.05, 0.1) is 25.7 Å².